The van der Waals surface area contributed by atoms with Crippen molar-refractivity contribution >= 4 is 28.7 Å². The molecule has 4 heterocycles. The van der Waals surface area contributed by atoms with Gasteiger partial charge in [-0.15, -0.1) is 11.3 Å². The molecule has 182 valence electrons. The van der Waals surface area contributed by atoms with Crippen molar-refractivity contribution in [2.75, 3.05) is 10.6 Å². The Morgan fingerprint density at radius 3 is 2.60 bits per heavy atom. The summed E-state index contributed by atoms with van der Waals surface area (Å²) in [7, 11) is 1.68. The monoisotopic (exact) mass is 502 g/mol. The van der Waals surface area contributed by atoms with E-state index in [0.29, 0.717) is 11.4 Å². The standard InChI is InChI=1S/C23H21F3N6O2S/c1-13-20(22(34)32(30(13)2)14-7-4-3-5-8-14)28-21(33)16-12-19-27-15(17-9-6-10-35-17)11-18(23(24,25)26)31(19)29-16/h3-10,12,15,18,27H,11H2,1-2H3,(H,28,33)/t15-,18+/m0/s1. The van der Waals surface area contributed by atoms with Crippen molar-refractivity contribution in [2.45, 2.75) is 31.6 Å². The molecule has 35 heavy (non-hydrogen) atoms. The third-order valence-electron chi connectivity index (χ3n) is 6.10. The summed E-state index contributed by atoms with van der Waals surface area (Å²) in [5.74, 6) is -0.679. The highest BCUT2D eigenvalue weighted by molar-refractivity contribution is 7.10. The number of benzene rings is 1. The number of anilines is 2. The lowest BCUT2D eigenvalue weighted by Crippen LogP contribution is -2.35. The Labute approximate surface area is 201 Å². The number of alkyl halides is 3. The Balaban J connectivity index is 1.47. The van der Waals surface area contributed by atoms with Crippen LogP contribution in [-0.4, -0.2) is 31.2 Å². The molecule has 1 aromatic carbocycles. The van der Waals surface area contributed by atoms with E-state index in [1.807, 2.05) is 6.07 Å². The number of para-hydroxylation sites is 1. The molecule has 0 saturated carbocycles. The van der Waals surface area contributed by atoms with E-state index in [0.717, 1.165) is 9.56 Å². The number of hydrogen-bond acceptors (Lipinski definition) is 5. The van der Waals surface area contributed by atoms with Crippen LogP contribution in [0.15, 0.2) is 58.7 Å². The minimum Gasteiger partial charge on any atom is -0.363 e. The summed E-state index contributed by atoms with van der Waals surface area (Å²) < 4.78 is 45.4. The van der Waals surface area contributed by atoms with Crippen LogP contribution in [0.3, 0.4) is 0 Å². The van der Waals surface area contributed by atoms with Crippen LogP contribution in [0.2, 0.25) is 0 Å². The van der Waals surface area contributed by atoms with Gasteiger partial charge in [-0.3, -0.25) is 14.3 Å². The zero-order valence-electron chi connectivity index (χ0n) is 18.7. The van der Waals surface area contributed by atoms with Crippen LogP contribution in [0.25, 0.3) is 5.69 Å². The van der Waals surface area contributed by atoms with Gasteiger partial charge < -0.3 is 10.6 Å². The van der Waals surface area contributed by atoms with E-state index in [1.165, 1.54) is 22.1 Å². The lowest BCUT2D eigenvalue weighted by atomic mass is 10.0. The highest BCUT2D eigenvalue weighted by Gasteiger charge is 2.47. The number of carbonyl (C=O) groups excluding carboxylic acids is 1. The predicted molar refractivity (Wildman–Crippen MR) is 126 cm³/mol. The van der Waals surface area contributed by atoms with Crippen LogP contribution in [-0.2, 0) is 7.05 Å². The highest BCUT2D eigenvalue weighted by Crippen LogP contribution is 2.44. The van der Waals surface area contributed by atoms with Gasteiger partial charge >= 0.3 is 6.18 Å². The molecular weight excluding hydrogens is 481 g/mol. The van der Waals surface area contributed by atoms with Crippen molar-refractivity contribution < 1.29 is 18.0 Å². The second-order valence-corrected chi connectivity index (χ2v) is 9.23. The minimum absolute atomic E-state index is 0.0316. The van der Waals surface area contributed by atoms with E-state index in [-0.39, 0.29) is 23.6 Å². The Bertz CT molecular complexity index is 1440. The number of nitrogens with zero attached hydrogens (tertiary/aromatic N) is 4. The van der Waals surface area contributed by atoms with Crippen molar-refractivity contribution in [1.82, 2.24) is 19.1 Å². The molecule has 0 fully saturated rings. The maximum absolute atomic E-state index is 13.9. The summed E-state index contributed by atoms with van der Waals surface area (Å²) >= 11 is 1.36. The fraction of sp³-hybridized carbons (Fsp3) is 0.261. The SMILES string of the molecule is Cc1c(NC(=O)c2cc3n(n2)[C@@H](C(F)(F)F)C[C@@H](c2cccs2)N3)c(=O)n(-c2ccccc2)n1C. The molecule has 0 radical (unpaired) electrons. The number of aromatic nitrogens is 4. The number of rotatable bonds is 4. The van der Waals surface area contributed by atoms with Crippen LogP contribution < -0.4 is 16.2 Å². The fourth-order valence-electron chi connectivity index (χ4n) is 4.25. The number of amides is 1. The lowest BCUT2D eigenvalue weighted by Gasteiger charge is -2.32. The van der Waals surface area contributed by atoms with Crippen LogP contribution in [0.4, 0.5) is 24.7 Å². The molecule has 12 heteroatoms. The molecule has 4 aromatic rings. The molecule has 1 aliphatic rings. The van der Waals surface area contributed by atoms with Gasteiger partial charge in [0, 0.05) is 24.4 Å². The van der Waals surface area contributed by atoms with Crippen LogP contribution >= 0.6 is 11.3 Å². The second kappa shape index (κ2) is 8.45. The van der Waals surface area contributed by atoms with Gasteiger partial charge in [-0.1, -0.05) is 24.3 Å². The summed E-state index contributed by atoms with van der Waals surface area (Å²) in [6, 6.07) is 11.3. The van der Waals surface area contributed by atoms with Gasteiger partial charge in [-0.2, -0.15) is 18.3 Å². The normalized spacial score (nSPS) is 17.6. The van der Waals surface area contributed by atoms with Crippen molar-refractivity contribution in [2.24, 2.45) is 7.05 Å². The number of thiophene rings is 1. The van der Waals surface area contributed by atoms with Crippen LogP contribution in [0.1, 0.15) is 39.6 Å². The first-order valence-electron chi connectivity index (χ1n) is 10.8. The maximum atomic E-state index is 13.9. The van der Waals surface area contributed by atoms with Crippen molar-refractivity contribution in [3.63, 3.8) is 0 Å². The molecular formula is C23H21F3N6O2S. The van der Waals surface area contributed by atoms with E-state index < -0.39 is 29.7 Å². The molecule has 1 amide bonds. The first-order valence-corrected chi connectivity index (χ1v) is 11.6. The topological polar surface area (TPSA) is 85.9 Å². The van der Waals surface area contributed by atoms with Gasteiger partial charge in [0.05, 0.1) is 17.4 Å². The highest BCUT2D eigenvalue weighted by atomic mass is 32.1. The maximum Gasteiger partial charge on any atom is 0.410 e. The zero-order chi connectivity index (χ0) is 24.9. The Kier molecular flexibility index (Phi) is 5.55. The lowest BCUT2D eigenvalue weighted by molar-refractivity contribution is -0.173. The van der Waals surface area contributed by atoms with Crippen molar-refractivity contribution in [3.8, 4) is 5.69 Å². The van der Waals surface area contributed by atoms with E-state index in [1.54, 1.807) is 60.4 Å². The first kappa shape index (κ1) is 23.0. The molecule has 5 rings (SSSR count). The van der Waals surface area contributed by atoms with Gasteiger partial charge in [0.25, 0.3) is 11.5 Å². The van der Waals surface area contributed by atoms with Crippen LogP contribution in [0.5, 0.6) is 0 Å². The minimum atomic E-state index is -4.55. The first-order chi connectivity index (χ1) is 16.6. The van der Waals surface area contributed by atoms with Gasteiger partial charge in [0.2, 0.25) is 0 Å². The van der Waals surface area contributed by atoms with Gasteiger partial charge in [0.15, 0.2) is 11.7 Å². The predicted octanol–water partition coefficient (Wildman–Crippen LogP) is 4.66. The number of hydrogen-bond donors (Lipinski definition) is 2. The zero-order valence-corrected chi connectivity index (χ0v) is 19.5. The summed E-state index contributed by atoms with van der Waals surface area (Å²) in [5.41, 5.74) is 0.447. The summed E-state index contributed by atoms with van der Waals surface area (Å²) in [6.45, 7) is 1.67. The second-order valence-electron chi connectivity index (χ2n) is 8.26. The average molecular weight is 503 g/mol. The molecule has 8 nitrogen and oxygen atoms in total. The largest absolute Gasteiger partial charge is 0.410 e. The number of fused-ring (bicyclic) bond motifs is 1. The Morgan fingerprint density at radius 2 is 1.94 bits per heavy atom. The van der Waals surface area contributed by atoms with Crippen molar-refractivity contribution in [1.29, 1.82) is 0 Å². The molecule has 2 N–H and O–H groups in total. The smallest absolute Gasteiger partial charge is 0.363 e. The third kappa shape index (κ3) is 4.03. The molecule has 0 spiro atoms. The van der Waals surface area contributed by atoms with Crippen LogP contribution in [0, 0.1) is 6.92 Å². The van der Waals surface area contributed by atoms with Crippen molar-refractivity contribution in [3.05, 3.63) is 80.5 Å². The number of nitrogens with one attached hydrogen (secondary N) is 2. The number of carbonyl (C=O) groups is 1. The Hall–Kier alpha value is -3.80. The summed E-state index contributed by atoms with van der Waals surface area (Å²) in [5, 5.41) is 11.4. The molecule has 2 atom stereocenters. The van der Waals surface area contributed by atoms with Gasteiger partial charge in [-0.25, -0.2) is 9.36 Å². The van der Waals surface area contributed by atoms with E-state index in [9.17, 15) is 22.8 Å². The fourth-order valence-corrected chi connectivity index (χ4v) is 5.04. The molecule has 0 aliphatic carbocycles. The number of halogens is 3. The third-order valence-corrected chi connectivity index (χ3v) is 7.09. The van der Waals surface area contributed by atoms with Gasteiger partial charge in [0.1, 0.15) is 11.5 Å². The molecule has 1 aliphatic heterocycles. The molecule has 0 bridgehead atoms. The Morgan fingerprint density at radius 1 is 1.20 bits per heavy atom. The molecule has 0 saturated heterocycles. The van der Waals surface area contributed by atoms with E-state index in [4.69, 9.17) is 0 Å². The quantitative estimate of drug-likeness (QED) is 0.425. The molecule has 3 aromatic heterocycles. The van der Waals surface area contributed by atoms with E-state index in [2.05, 4.69) is 15.7 Å². The van der Waals surface area contributed by atoms with E-state index >= 15 is 0 Å². The summed E-state index contributed by atoms with van der Waals surface area (Å²) in [6.07, 6.45) is -4.80. The summed E-state index contributed by atoms with van der Waals surface area (Å²) in [4.78, 5) is 26.8. The molecule has 0 unspecified atom stereocenters. The average Bonchev–Trinajstić information content (AvgIpc) is 3.55. The van der Waals surface area contributed by atoms with Gasteiger partial charge in [-0.05, 0) is 30.5 Å².